The SMILES string of the molecule is CCOC(=O)C1=C(C(F)(F)F)N=c2s/c(=C\c3cc(Br)c(OCC)c(OCC)c3)c(=O)n2[C@@H]1c1ccc(Cl)cc1. The Morgan fingerprint density at radius 2 is 1.80 bits per heavy atom. The largest absolute Gasteiger partial charge is 0.490 e. The molecule has 13 heteroatoms. The third-order valence-corrected chi connectivity index (χ3v) is 7.52. The van der Waals surface area contributed by atoms with Crippen LogP contribution in [-0.2, 0) is 9.53 Å². The Morgan fingerprint density at radius 1 is 1.12 bits per heavy atom. The van der Waals surface area contributed by atoms with Crippen LogP contribution in [0.1, 0.15) is 37.9 Å². The zero-order valence-corrected chi connectivity index (χ0v) is 24.6. The first-order valence-electron chi connectivity index (χ1n) is 12.1. The number of hydrogen-bond acceptors (Lipinski definition) is 7. The van der Waals surface area contributed by atoms with Gasteiger partial charge in [0.05, 0.1) is 40.4 Å². The van der Waals surface area contributed by atoms with Crippen molar-refractivity contribution in [2.45, 2.75) is 33.0 Å². The van der Waals surface area contributed by atoms with E-state index in [1.54, 1.807) is 12.1 Å². The number of fused-ring (bicyclic) bond motifs is 1. The number of allylic oxidation sites excluding steroid dienone is 1. The molecule has 0 fully saturated rings. The predicted octanol–water partition coefficient (Wildman–Crippen LogP) is 5.55. The van der Waals surface area contributed by atoms with Gasteiger partial charge in [0.15, 0.2) is 22.0 Å². The van der Waals surface area contributed by atoms with Gasteiger partial charge in [-0.3, -0.25) is 9.36 Å². The van der Waals surface area contributed by atoms with Gasteiger partial charge in [-0.1, -0.05) is 35.1 Å². The monoisotopic (exact) mass is 658 g/mol. The molecule has 0 spiro atoms. The van der Waals surface area contributed by atoms with E-state index in [2.05, 4.69) is 20.9 Å². The Labute approximate surface area is 244 Å². The molecular formula is C27H23BrClF3N2O5S. The van der Waals surface area contributed by atoms with Crippen molar-refractivity contribution in [2.24, 2.45) is 4.99 Å². The van der Waals surface area contributed by atoms with Crippen molar-refractivity contribution in [2.75, 3.05) is 19.8 Å². The molecule has 1 aliphatic rings. The van der Waals surface area contributed by atoms with E-state index in [1.165, 1.54) is 37.3 Å². The van der Waals surface area contributed by atoms with Crippen LogP contribution in [0.2, 0.25) is 5.02 Å². The molecule has 4 rings (SSSR count). The van der Waals surface area contributed by atoms with Crippen LogP contribution in [0.15, 0.2) is 61.9 Å². The average Bonchev–Trinajstić information content (AvgIpc) is 3.20. The summed E-state index contributed by atoms with van der Waals surface area (Å²) in [5, 5.41) is 0.333. The van der Waals surface area contributed by atoms with Crippen molar-refractivity contribution in [1.29, 1.82) is 0 Å². The molecule has 212 valence electrons. The van der Waals surface area contributed by atoms with Gasteiger partial charge in [0, 0.05) is 5.02 Å². The number of alkyl halides is 3. The van der Waals surface area contributed by atoms with E-state index in [0.717, 1.165) is 15.9 Å². The number of carbonyl (C=O) groups excluding carboxylic acids is 1. The molecule has 0 N–H and O–H groups in total. The zero-order chi connectivity index (χ0) is 29.2. The van der Waals surface area contributed by atoms with E-state index in [0.29, 0.717) is 39.8 Å². The number of aromatic nitrogens is 1. The van der Waals surface area contributed by atoms with Crippen LogP contribution in [0.3, 0.4) is 0 Å². The molecule has 2 heterocycles. The molecule has 7 nitrogen and oxygen atoms in total. The smallest absolute Gasteiger partial charge is 0.434 e. The van der Waals surface area contributed by atoms with E-state index in [1.807, 2.05) is 13.8 Å². The van der Waals surface area contributed by atoms with Crippen LogP contribution in [0.4, 0.5) is 13.2 Å². The van der Waals surface area contributed by atoms with Gasteiger partial charge in [-0.2, -0.15) is 13.2 Å². The van der Waals surface area contributed by atoms with Crippen molar-refractivity contribution in [3.05, 3.63) is 88.0 Å². The van der Waals surface area contributed by atoms with E-state index < -0.39 is 35.0 Å². The van der Waals surface area contributed by atoms with Crippen molar-refractivity contribution in [3.63, 3.8) is 0 Å². The maximum atomic E-state index is 14.3. The van der Waals surface area contributed by atoms with Crippen molar-refractivity contribution in [3.8, 4) is 11.5 Å². The second-order valence-corrected chi connectivity index (χ2v) is 10.6. The Bertz CT molecular complexity index is 1650. The minimum absolute atomic E-state index is 0.0999. The number of nitrogens with zero attached hydrogens (tertiary/aromatic N) is 2. The summed E-state index contributed by atoms with van der Waals surface area (Å²) in [4.78, 5) is 30.2. The average molecular weight is 660 g/mol. The van der Waals surface area contributed by atoms with Crippen LogP contribution in [-0.4, -0.2) is 36.5 Å². The van der Waals surface area contributed by atoms with Crippen LogP contribution in [0.5, 0.6) is 11.5 Å². The van der Waals surface area contributed by atoms with Crippen molar-refractivity contribution in [1.82, 2.24) is 4.57 Å². The van der Waals surface area contributed by atoms with Crippen LogP contribution in [0, 0.1) is 0 Å². The summed E-state index contributed by atoms with van der Waals surface area (Å²) in [5.41, 5.74) is -2.05. The normalized spacial score (nSPS) is 15.5. The number of benzene rings is 2. The van der Waals surface area contributed by atoms with Gasteiger partial charge >= 0.3 is 12.1 Å². The number of esters is 1. The molecule has 0 saturated carbocycles. The highest BCUT2D eigenvalue weighted by atomic mass is 79.9. The summed E-state index contributed by atoms with van der Waals surface area (Å²) in [6, 6.07) is 7.77. The lowest BCUT2D eigenvalue weighted by Gasteiger charge is -2.26. The predicted molar refractivity (Wildman–Crippen MR) is 149 cm³/mol. The lowest BCUT2D eigenvalue weighted by atomic mass is 9.95. The first-order chi connectivity index (χ1) is 19.0. The third kappa shape index (κ3) is 5.98. The molecule has 1 atom stereocenters. The number of carbonyl (C=O) groups is 1. The van der Waals surface area contributed by atoms with Crippen LogP contribution < -0.4 is 24.4 Å². The summed E-state index contributed by atoms with van der Waals surface area (Å²) >= 11 is 10.2. The molecule has 1 aliphatic heterocycles. The zero-order valence-electron chi connectivity index (χ0n) is 21.5. The highest BCUT2D eigenvalue weighted by molar-refractivity contribution is 9.10. The molecule has 0 bridgehead atoms. The lowest BCUT2D eigenvalue weighted by molar-refractivity contribution is -0.140. The quantitative estimate of drug-likeness (QED) is 0.296. The minimum Gasteiger partial charge on any atom is -0.490 e. The first kappa shape index (κ1) is 29.9. The summed E-state index contributed by atoms with van der Waals surface area (Å²) < 4.78 is 60.8. The molecule has 2 aromatic carbocycles. The number of halogens is 5. The number of ether oxygens (including phenoxy) is 3. The van der Waals surface area contributed by atoms with E-state index in [-0.39, 0.29) is 21.5 Å². The van der Waals surface area contributed by atoms with Gasteiger partial charge in [0.1, 0.15) is 0 Å². The van der Waals surface area contributed by atoms with Gasteiger partial charge < -0.3 is 14.2 Å². The summed E-state index contributed by atoms with van der Waals surface area (Å²) in [6.45, 7) is 5.70. The maximum absolute atomic E-state index is 14.3. The Hall–Kier alpha value is -3.09. The molecule has 3 aromatic rings. The fraction of sp³-hybridized carbons (Fsp3) is 0.296. The second-order valence-electron chi connectivity index (χ2n) is 8.31. The molecule has 0 saturated heterocycles. The Morgan fingerprint density at radius 3 is 2.40 bits per heavy atom. The second kappa shape index (κ2) is 12.2. The summed E-state index contributed by atoms with van der Waals surface area (Å²) in [5.74, 6) is -0.301. The first-order valence-corrected chi connectivity index (χ1v) is 14.1. The molecule has 0 radical (unpaired) electrons. The van der Waals surface area contributed by atoms with Gasteiger partial charge in [0.2, 0.25) is 0 Å². The van der Waals surface area contributed by atoms with Crippen LogP contribution >= 0.6 is 38.9 Å². The number of hydrogen-bond donors (Lipinski definition) is 0. The van der Waals surface area contributed by atoms with E-state index >= 15 is 0 Å². The topological polar surface area (TPSA) is 79.1 Å². The fourth-order valence-electron chi connectivity index (χ4n) is 4.17. The number of rotatable bonds is 8. The highest BCUT2D eigenvalue weighted by Crippen LogP contribution is 2.39. The maximum Gasteiger partial charge on any atom is 0.434 e. The van der Waals surface area contributed by atoms with E-state index in [4.69, 9.17) is 25.8 Å². The lowest BCUT2D eigenvalue weighted by Crippen LogP contribution is -2.41. The summed E-state index contributed by atoms with van der Waals surface area (Å²) in [6.07, 6.45) is -3.47. The van der Waals surface area contributed by atoms with Crippen molar-refractivity contribution >= 4 is 50.9 Å². The Kier molecular flexibility index (Phi) is 9.11. The number of thiazole rings is 1. The van der Waals surface area contributed by atoms with Gasteiger partial charge in [-0.05, 0) is 78.2 Å². The van der Waals surface area contributed by atoms with Gasteiger partial charge in [0.25, 0.3) is 5.56 Å². The highest BCUT2D eigenvalue weighted by Gasteiger charge is 2.45. The minimum atomic E-state index is -4.99. The molecule has 40 heavy (non-hydrogen) atoms. The molecular weight excluding hydrogens is 637 g/mol. The van der Waals surface area contributed by atoms with Crippen LogP contribution in [0.25, 0.3) is 6.08 Å². The molecule has 1 aromatic heterocycles. The molecule has 0 aliphatic carbocycles. The third-order valence-electron chi connectivity index (χ3n) is 5.70. The van der Waals surface area contributed by atoms with E-state index in [9.17, 15) is 22.8 Å². The molecule has 0 amide bonds. The standard InChI is InChI=1S/C27H23BrClF3N2O5S/c1-4-37-18-12-14(11-17(28)22(18)38-5-2)13-19-24(35)34-21(15-7-9-16(29)10-8-15)20(25(36)39-6-3)23(27(30,31)32)33-26(34)40-19/h7-13,21H,4-6H2,1-3H3/b19-13-/t21-/m1/s1. The Balaban J connectivity index is 2.00. The molecule has 0 unspecified atom stereocenters. The summed E-state index contributed by atoms with van der Waals surface area (Å²) in [7, 11) is 0. The van der Waals surface area contributed by atoms with Crippen molar-refractivity contribution < 1.29 is 32.2 Å². The fourth-order valence-corrected chi connectivity index (χ4v) is 5.87. The van der Waals surface area contributed by atoms with Gasteiger partial charge in [-0.25, -0.2) is 9.79 Å². The van der Waals surface area contributed by atoms with Gasteiger partial charge in [-0.15, -0.1) is 0 Å².